The van der Waals surface area contributed by atoms with Crippen LogP contribution in [0.2, 0.25) is 5.02 Å². The van der Waals surface area contributed by atoms with Gasteiger partial charge in [-0.2, -0.15) is 0 Å². The Morgan fingerprint density at radius 1 is 0.950 bits per heavy atom. The monoisotopic (exact) mass is 322 g/mol. The van der Waals surface area contributed by atoms with Gasteiger partial charge in [-0.1, -0.05) is 17.7 Å². The molecule has 20 heavy (non-hydrogen) atoms. The molecule has 1 unspecified atom stereocenters. The van der Waals surface area contributed by atoms with Crippen molar-refractivity contribution in [1.82, 2.24) is 0 Å². The van der Waals surface area contributed by atoms with Crippen molar-refractivity contribution < 1.29 is 17.6 Å². The predicted molar refractivity (Wildman–Crippen MR) is 70.2 cm³/mol. The minimum Gasteiger partial charge on any atom is -0.207 e. The molecule has 0 aliphatic heterocycles. The van der Waals surface area contributed by atoms with E-state index in [1.807, 2.05) is 0 Å². The van der Waals surface area contributed by atoms with Crippen molar-refractivity contribution in [3.63, 3.8) is 0 Å². The van der Waals surface area contributed by atoms with E-state index >= 15 is 0 Å². The predicted octanol–water partition coefficient (Wildman–Crippen LogP) is 5.53. The fourth-order valence-corrected chi connectivity index (χ4v) is 2.49. The van der Waals surface area contributed by atoms with Crippen LogP contribution in [0.4, 0.5) is 17.6 Å². The Kier molecular flexibility index (Phi) is 4.25. The third kappa shape index (κ3) is 2.63. The van der Waals surface area contributed by atoms with Crippen molar-refractivity contribution in [1.29, 1.82) is 0 Å². The van der Waals surface area contributed by atoms with Crippen LogP contribution in [0.25, 0.3) is 0 Å². The molecule has 0 bridgehead atoms. The molecule has 2 aromatic rings. The lowest BCUT2D eigenvalue weighted by Crippen LogP contribution is -2.04. The minimum absolute atomic E-state index is 0.101. The standard InChI is InChI=1S/C14H8Cl2F4/c1-6-2-3-9(17)12(14(6)20)13(16)7-4-10(18)11(19)5-8(7)15/h2-5,13H,1H3. The van der Waals surface area contributed by atoms with Gasteiger partial charge in [-0.3, -0.25) is 0 Å². The summed E-state index contributed by atoms with van der Waals surface area (Å²) in [6.45, 7) is 1.44. The number of benzene rings is 2. The molecule has 0 fully saturated rings. The van der Waals surface area contributed by atoms with Crippen LogP contribution in [0.1, 0.15) is 22.1 Å². The van der Waals surface area contributed by atoms with Gasteiger partial charge in [0.25, 0.3) is 0 Å². The van der Waals surface area contributed by atoms with Crippen molar-refractivity contribution in [3.05, 3.63) is 69.2 Å². The lowest BCUT2D eigenvalue weighted by Gasteiger charge is -2.15. The van der Waals surface area contributed by atoms with Crippen molar-refractivity contribution in [3.8, 4) is 0 Å². The molecule has 0 N–H and O–H groups in total. The first kappa shape index (κ1) is 15.1. The van der Waals surface area contributed by atoms with Crippen molar-refractivity contribution in [2.45, 2.75) is 12.3 Å². The van der Waals surface area contributed by atoms with E-state index in [0.717, 1.165) is 12.1 Å². The maximum absolute atomic E-state index is 14.0. The van der Waals surface area contributed by atoms with E-state index in [9.17, 15) is 17.6 Å². The van der Waals surface area contributed by atoms with Crippen LogP contribution >= 0.6 is 23.2 Å². The lowest BCUT2D eigenvalue weighted by atomic mass is 10.0. The van der Waals surface area contributed by atoms with Gasteiger partial charge in [-0.15, -0.1) is 11.6 Å². The average molecular weight is 323 g/mol. The van der Waals surface area contributed by atoms with Gasteiger partial charge in [-0.05, 0) is 36.2 Å². The molecule has 0 aliphatic rings. The Labute approximate surface area is 122 Å². The van der Waals surface area contributed by atoms with Crippen LogP contribution in [-0.2, 0) is 0 Å². The zero-order chi connectivity index (χ0) is 15.0. The first-order chi connectivity index (χ1) is 9.32. The molecule has 0 heterocycles. The summed E-state index contributed by atoms with van der Waals surface area (Å²) in [7, 11) is 0. The van der Waals surface area contributed by atoms with Crippen LogP contribution in [0.15, 0.2) is 24.3 Å². The summed E-state index contributed by atoms with van der Waals surface area (Å²) >= 11 is 11.7. The zero-order valence-electron chi connectivity index (χ0n) is 10.2. The molecule has 1 atom stereocenters. The molecule has 0 aromatic heterocycles. The highest BCUT2D eigenvalue weighted by Crippen LogP contribution is 2.37. The van der Waals surface area contributed by atoms with Gasteiger partial charge in [0.2, 0.25) is 0 Å². The molecule has 0 nitrogen and oxygen atoms in total. The molecule has 0 amide bonds. The summed E-state index contributed by atoms with van der Waals surface area (Å²) in [4.78, 5) is 0. The second-order valence-electron chi connectivity index (χ2n) is 4.24. The van der Waals surface area contributed by atoms with Gasteiger partial charge in [0.1, 0.15) is 11.6 Å². The van der Waals surface area contributed by atoms with Crippen molar-refractivity contribution in [2.24, 2.45) is 0 Å². The van der Waals surface area contributed by atoms with E-state index in [1.54, 1.807) is 0 Å². The van der Waals surface area contributed by atoms with E-state index in [4.69, 9.17) is 23.2 Å². The molecule has 0 saturated heterocycles. The number of alkyl halides is 1. The summed E-state index contributed by atoms with van der Waals surface area (Å²) in [6, 6.07) is 3.76. The van der Waals surface area contributed by atoms with E-state index in [-0.39, 0.29) is 16.1 Å². The first-order valence-electron chi connectivity index (χ1n) is 5.56. The number of rotatable bonds is 2. The quantitative estimate of drug-likeness (QED) is 0.387. The highest BCUT2D eigenvalue weighted by atomic mass is 35.5. The molecule has 0 aliphatic carbocycles. The third-order valence-electron chi connectivity index (χ3n) is 2.89. The van der Waals surface area contributed by atoms with Crippen LogP contribution in [0, 0.1) is 30.2 Å². The normalized spacial score (nSPS) is 12.6. The Balaban J connectivity index is 2.60. The van der Waals surface area contributed by atoms with Gasteiger partial charge in [0.05, 0.1) is 5.38 Å². The fraction of sp³-hybridized carbons (Fsp3) is 0.143. The zero-order valence-corrected chi connectivity index (χ0v) is 11.7. The number of hydrogen-bond donors (Lipinski definition) is 0. The molecular weight excluding hydrogens is 315 g/mol. The fourth-order valence-electron chi connectivity index (χ4n) is 1.80. The molecule has 106 valence electrons. The van der Waals surface area contributed by atoms with Crippen molar-refractivity contribution >= 4 is 23.2 Å². The van der Waals surface area contributed by atoms with Crippen LogP contribution in [0.5, 0.6) is 0 Å². The maximum atomic E-state index is 14.0. The molecule has 0 radical (unpaired) electrons. The Morgan fingerprint density at radius 3 is 2.20 bits per heavy atom. The summed E-state index contributed by atoms with van der Waals surface area (Å²) in [5.41, 5.74) is -0.360. The minimum atomic E-state index is -1.36. The number of hydrogen-bond acceptors (Lipinski definition) is 0. The van der Waals surface area contributed by atoms with Gasteiger partial charge < -0.3 is 0 Å². The Morgan fingerprint density at radius 2 is 1.55 bits per heavy atom. The smallest absolute Gasteiger partial charge is 0.160 e. The number of halogens is 6. The molecule has 0 spiro atoms. The van der Waals surface area contributed by atoms with Crippen LogP contribution in [-0.4, -0.2) is 0 Å². The van der Waals surface area contributed by atoms with Gasteiger partial charge in [0, 0.05) is 10.6 Å². The Hall–Kier alpha value is -1.26. The summed E-state index contributed by atoms with van der Waals surface area (Å²) in [5.74, 6) is -4.07. The van der Waals surface area contributed by atoms with E-state index < -0.39 is 34.2 Å². The summed E-state index contributed by atoms with van der Waals surface area (Å²) in [5, 5.41) is -1.57. The van der Waals surface area contributed by atoms with E-state index in [2.05, 4.69) is 0 Å². The highest BCUT2D eigenvalue weighted by Gasteiger charge is 2.24. The first-order valence-corrected chi connectivity index (χ1v) is 6.37. The summed E-state index contributed by atoms with van der Waals surface area (Å²) in [6.07, 6.45) is 0. The third-order valence-corrected chi connectivity index (χ3v) is 3.67. The molecular formula is C14H8Cl2F4. The average Bonchev–Trinajstić information content (AvgIpc) is 2.38. The second kappa shape index (κ2) is 5.62. The van der Waals surface area contributed by atoms with E-state index in [0.29, 0.717) is 6.07 Å². The maximum Gasteiger partial charge on any atom is 0.160 e. The van der Waals surface area contributed by atoms with Crippen molar-refractivity contribution in [2.75, 3.05) is 0 Å². The molecule has 2 rings (SSSR count). The van der Waals surface area contributed by atoms with Gasteiger partial charge >= 0.3 is 0 Å². The Bertz CT molecular complexity index is 671. The SMILES string of the molecule is Cc1ccc(F)c(C(Cl)c2cc(F)c(F)cc2Cl)c1F. The second-order valence-corrected chi connectivity index (χ2v) is 5.09. The topological polar surface area (TPSA) is 0 Å². The summed E-state index contributed by atoms with van der Waals surface area (Å²) < 4.78 is 54.0. The largest absolute Gasteiger partial charge is 0.207 e. The van der Waals surface area contributed by atoms with Crippen LogP contribution < -0.4 is 0 Å². The molecule has 0 saturated carbocycles. The van der Waals surface area contributed by atoms with Gasteiger partial charge in [-0.25, -0.2) is 17.6 Å². The van der Waals surface area contributed by atoms with E-state index in [1.165, 1.54) is 13.0 Å². The van der Waals surface area contributed by atoms with Crippen LogP contribution in [0.3, 0.4) is 0 Å². The van der Waals surface area contributed by atoms with Gasteiger partial charge in [0.15, 0.2) is 11.6 Å². The number of aryl methyl sites for hydroxylation is 1. The highest BCUT2D eigenvalue weighted by molar-refractivity contribution is 6.33. The molecule has 2 aromatic carbocycles. The molecule has 6 heteroatoms. The lowest BCUT2D eigenvalue weighted by molar-refractivity contribution is 0.506.